The molecule has 3 unspecified atom stereocenters. The van der Waals surface area contributed by atoms with Gasteiger partial charge < -0.3 is 36.4 Å². The van der Waals surface area contributed by atoms with E-state index in [4.69, 9.17) is 34.3 Å². The number of carbonyl (C=O) groups excluding carboxylic acids is 3. The molecule has 60 heavy (non-hydrogen) atoms. The summed E-state index contributed by atoms with van der Waals surface area (Å²) in [6, 6.07) is 11.6. The molecule has 3 saturated carbocycles. The van der Waals surface area contributed by atoms with E-state index in [9.17, 15) is 32.7 Å². The van der Waals surface area contributed by atoms with E-state index in [2.05, 4.69) is 25.8 Å². The van der Waals surface area contributed by atoms with Gasteiger partial charge in [-0.3, -0.25) is 24.2 Å². The number of likely N-dealkylation sites (tertiary alicyclic amines) is 1. The average molecular weight is 867 g/mol. The van der Waals surface area contributed by atoms with Crippen LogP contribution < -0.4 is 36.2 Å². The van der Waals surface area contributed by atoms with Crippen molar-refractivity contribution in [1.29, 1.82) is 0 Å². The van der Waals surface area contributed by atoms with Gasteiger partial charge in [0, 0.05) is 40.1 Å². The zero-order chi connectivity index (χ0) is 42.7. The highest BCUT2D eigenvalue weighted by molar-refractivity contribution is 7.81. The molecule has 0 radical (unpaired) electrons. The summed E-state index contributed by atoms with van der Waals surface area (Å²) in [4.78, 5) is 47.6. The van der Waals surface area contributed by atoms with Gasteiger partial charge in [0.25, 0.3) is 5.91 Å². The first-order chi connectivity index (χ1) is 28.3. The fourth-order valence-corrected chi connectivity index (χ4v) is 11.9. The number of nitrogens with one attached hydrogen (secondary N) is 3. The van der Waals surface area contributed by atoms with Gasteiger partial charge in [0.05, 0.1) is 36.6 Å². The third-order valence-corrected chi connectivity index (χ3v) is 14.4. The smallest absolute Gasteiger partial charge is 0.420 e. The highest BCUT2D eigenvalue weighted by Gasteiger charge is 2.85. The first-order valence-electron chi connectivity index (χ1n) is 20.2. The minimum absolute atomic E-state index is 0.0283. The highest BCUT2D eigenvalue weighted by atomic mass is 35.5. The van der Waals surface area contributed by atoms with Crippen LogP contribution in [0.3, 0.4) is 0 Å². The number of aliphatic hydroxyl groups excluding tert-OH is 1. The van der Waals surface area contributed by atoms with E-state index in [1.165, 1.54) is 0 Å². The van der Waals surface area contributed by atoms with Gasteiger partial charge in [-0.15, -0.1) is 0 Å². The number of aryl methyl sites for hydroxylation is 1. The number of ether oxygens (including phenoxy) is 1. The summed E-state index contributed by atoms with van der Waals surface area (Å²) in [5.74, 6) is 0.345. The lowest BCUT2D eigenvalue weighted by molar-refractivity contribution is -0.138. The predicted molar refractivity (Wildman–Crippen MR) is 224 cm³/mol. The summed E-state index contributed by atoms with van der Waals surface area (Å²) >= 11 is 12.1. The van der Waals surface area contributed by atoms with E-state index in [1.54, 1.807) is 36.9 Å². The lowest BCUT2D eigenvalue weighted by Gasteiger charge is -2.61. The van der Waals surface area contributed by atoms with Crippen molar-refractivity contribution in [2.45, 2.75) is 101 Å². The van der Waals surface area contributed by atoms with Crippen molar-refractivity contribution in [3.63, 3.8) is 0 Å². The molecule has 7 atom stereocenters. The Morgan fingerprint density at radius 1 is 1.13 bits per heavy atom. The maximum absolute atomic E-state index is 13.7. The largest absolute Gasteiger partial charge is 0.493 e. The van der Waals surface area contributed by atoms with Crippen molar-refractivity contribution in [3.05, 3.63) is 64.8 Å². The Morgan fingerprint density at radius 3 is 2.60 bits per heavy atom. The summed E-state index contributed by atoms with van der Waals surface area (Å²) in [5.41, 5.74) is 5.99. The van der Waals surface area contributed by atoms with Crippen molar-refractivity contribution < 1.29 is 37.4 Å². The fraction of sp³-hybridized carbons (Fsp3) is 0.500. The van der Waals surface area contributed by atoms with Crippen molar-refractivity contribution in [1.82, 2.24) is 15.2 Å². The number of nitrogen functional groups attached to an aromatic ring is 1. The number of hydrogen-bond acceptors (Lipinski definition) is 10. The second-order valence-corrected chi connectivity index (χ2v) is 18.4. The maximum Gasteiger partial charge on any atom is 0.420 e. The topological polar surface area (TPSA) is 165 Å². The Balaban J connectivity index is 0.815. The standard InChI is InChI=1S/C42H46ClF3N8O5S/c1-4-21-11-25(54-38(60)53(37(58)39(54,2)3)26-15-27(42(44,45)46)35(47)48-18-26)5-7-31(21)59-10-9-40-17-30-34(40)28-16-41(28,20-40)52(30)19-33(56)50-24-13-22(43)12-23(14-24)49-29-6-8-32(55)51-36(29)57/h5,7,11-15,18,28-30,34,36,49,57H,4,6,8-10,16-17,19-20H2,1-3H3,(H2,47,48)(H,50,56)(H,51,55)/t28-,29?,30-,34?,36?,40+,41+/m0/s1. The number of piperidine rings is 4. The summed E-state index contributed by atoms with van der Waals surface area (Å²) < 4.78 is 47.5. The van der Waals surface area contributed by atoms with Crippen molar-refractivity contribution in [2.24, 2.45) is 17.3 Å². The van der Waals surface area contributed by atoms with Gasteiger partial charge in [-0.2, -0.15) is 13.2 Å². The molecule has 2 bridgehead atoms. The molecule has 13 nitrogen and oxygen atoms in total. The molecule has 3 aliphatic heterocycles. The Hall–Kier alpha value is -4.71. The van der Waals surface area contributed by atoms with Crippen LogP contribution in [0.4, 0.5) is 41.7 Å². The summed E-state index contributed by atoms with van der Waals surface area (Å²) in [6.45, 7) is 6.18. The third kappa shape index (κ3) is 6.54. The average Bonchev–Trinajstić information content (AvgIpc) is 3.67. The van der Waals surface area contributed by atoms with Gasteiger partial charge >= 0.3 is 6.18 Å². The highest BCUT2D eigenvalue weighted by Crippen LogP contribution is 2.83. The normalized spacial score (nSPS) is 29.9. The van der Waals surface area contributed by atoms with Crippen LogP contribution in [-0.4, -0.2) is 80.4 Å². The number of thiocarbonyl (C=S) groups is 1. The molecule has 1 aromatic heterocycles. The number of nitrogens with zero attached hydrogens (tertiary/aromatic N) is 4. The van der Waals surface area contributed by atoms with Crippen LogP contribution in [0.1, 0.15) is 70.4 Å². The summed E-state index contributed by atoms with van der Waals surface area (Å²) in [7, 11) is 0. The van der Waals surface area contributed by atoms with Crippen LogP contribution in [0.15, 0.2) is 48.7 Å². The monoisotopic (exact) mass is 866 g/mol. The van der Waals surface area contributed by atoms with E-state index >= 15 is 0 Å². The number of pyridine rings is 1. The van der Waals surface area contributed by atoms with E-state index in [0.717, 1.165) is 54.2 Å². The molecule has 18 heteroatoms. The zero-order valence-electron chi connectivity index (χ0n) is 33.2. The molecule has 3 amide bonds. The molecule has 3 aliphatic carbocycles. The molecule has 0 spiro atoms. The summed E-state index contributed by atoms with van der Waals surface area (Å²) in [5, 5.41) is 19.5. The molecule has 2 aromatic carbocycles. The zero-order valence-corrected chi connectivity index (χ0v) is 34.8. The van der Waals surface area contributed by atoms with E-state index in [1.807, 2.05) is 25.1 Å². The number of benzene rings is 2. The number of alkyl halides is 3. The SMILES string of the molecule is CCc1cc(N2C(=S)N(c3cnc(N)c(C(F)(F)F)c3)C(=O)C2(C)C)ccc1OCC[C@]12C[C@H]3C1[C@@H]1C[C@]1(C2)N3CC(=O)Nc1cc(Cl)cc(NC2CCC(=O)NC2O)c1. The van der Waals surface area contributed by atoms with E-state index in [0.29, 0.717) is 72.4 Å². The van der Waals surface area contributed by atoms with E-state index < -0.39 is 35.2 Å². The maximum atomic E-state index is 13.7. The molecule has 318 valence electrons. The number of anilines is 5. The van der Waals surface area contributed by atoms with Crippen LogP contribution in [0.25, 0.3) is 0 Å². The second-order valence-electron chi connectivity index (χ2n) is 17.6. The van der Waals surface area contributed by atoms with Crippen LogP contribution in [0.2, 0.25) is 5.02 Å². The molecular formula is C42H46ClF3N8O5S. The number of hydrogen-bond donors (Lipinski definition) is 5. The Morgan fingerprint density at radius 2 is 1.90 bits per heavy atom. The Kier molecular flexibility index (Phi) is 9.61. The predicted octanol–water partition coefficient (Wildman–Crippen LogP) is 6.08. The van der Waals surface area contributed by atoms with Crippen LogP contribution in [-0.2, 0) is 27.0 Å². The van der Waals surface area contributed by atoms with Gasteiger partial charge in [-0.1, -0.05) is 18.5 Å². The van der Waals surface area contributed by atoms with Crippen LogP contribution in [0, 0.1) is 17.3 Å². The number of nitrogens with two attached hydrogens (primary N) is 1. The minimum Gasteiger partial charge on any atom is -0.493 e. The first kappa shape index (κ1) is 40.7. The first-order valence-corrected chi connectivity index (χ1v) is 21.0. The van der Waals surface area contributed by atoms with E-state index in [-0.39, 0.29) is 39.6 Å². The molecule has 6 aliphatic rings. The second kappa shape index (κ2) is 14.2. The van der Waals surface area contributed by atoms with Gasteiger partial charge in [-0.25, -0.2) is 4.98 Å². The number of amides is 3. The van der Waals surface area contributed by atoms with Crippen LogP contribution in [0.5, 0.6) is 5.75 Å². The molecule has 4 heterocycles. The molecular weight excluding hydrogens is 821 g/mol. The number of aliphatic hydroxyl groups is 1. The lowest BCUT2D eigenvalue weighted by atomic mass is 9.53. The Bertz CT molecular complexity index is 2330. The molecule has 6 N–H and O–H groups in total. The molecule has 3 aromatic rings. The van der Waals surface area contributed by atoms with Gasteiger partial charge in [-0.05, 0) is 130 Å². The number of halogens is 4. The van der Waals surface area contributed by atoms with Crippen molar-refractivity contribution in [3.8, 4) is 5.75 Å². The lowest BCUT2D eigenvalue weighted by Crippen LogP contribution is -2.64. The minimum atomic E-state index is -4.76. The van der Waals surface area contributed by atoms with Crippen LogP contribution >= 0.6 is 23.8 Å². The number of carbonyl (C=O) groups is 3. The molecule has 3 saturated heterocycles. The summed E-state index contributed by atoms with van der Waals surface area (Å²) in [6.07, 6.45) is 0.783. The fourth-order valence-electron chi connectivity index (χ4n) is 11.1. The van der Waals surface area contributed by atoms with Crippen molar-refractivity contribution in [2.75, 3.05) is 39.3 Å². The molecule has 9 rings (SSSR count). The van der Waals surface area contributed by atoms with Gasteiger partial charge in [0.15, 0.2) is 5.11 Å². The number of aromatic nitrogens is 1. The third-order valence-electron chi connectivity index (χ3n) is 13.8. The number of rotatable bonds is 12. The quantitative estimate of drug-likeness (QED) is 0.134. The van der Waals surface area contributed by atoms with Crippen molar-refractivity contribution >= 4 is 75.2 Å². The molecule has 6 fully saturated rings. The van der Waals surface area contributed by atoms with Gasteiger partial charge in [0.1, 0.15) is 23.3 Å². The van der Waals surface area contributed by atoms with Gasteiger partial charge in [0.2, 0.25) is 11.8 Å². The Labute approximate surface area is 355 Å².